The van der Waals surface area contributed by atoms with E-state index < -0.39 is 23.7 Å². The third-order valence-corrected chi connectivity index (χ3v) is 2.67. The van der Waals surface area contributed by atoms with E-state index in [2.05, 4.69) is 5.32 Å². The molecule has 0 saturated carbocycles. The molecule has 1 atom stereocenters. The minimum absolute atomic E-state index is 0.0835. The molecule has 0 aromatic heterocycles. The second-order valence-electron chi connectivity index (χ2n) is 4.32. The summed E-state index contributed by atoms with van der Waals surface area (Å²) < 4.78 is 13.0. The van der Waals surface area contributed by atoms with Crippen LogP contribution >= 0.6 is 0 Å². The van der Waals surface area contributed by atoms with Crippen LogP contribution in [-0.4, -0.2) is 23.0 Å². The van der Waals surface area contributed by atoms with Crippen molar-refractivity contribution in [3.63, 3.8) is 0 Å². The van der Waals surface area contributed by atoms with Crippen molar-refractivity contribution in [3.05, 3.63) is 35.6 Å². The van der Waals surface area contributed by atoms with Gasteiger partial charge in [-0.25, -0.2) is 9.18 Å². The van der Waals surface area contributed by atoms with E-state index in [1.807, 2.05) is 6.07 Å². The second-order valence-corrected chi connectivity index (χ2v) is 4.32. The molecule has 2 N–H and O–H groups in total. The Morgan fingerprint density at radius 2 is 2.20 bits per heavy atom. The monoisotopic (exact) mass is 278 g/mol. The van der Waals surface area contributed by atoms with Crippen LogP contribution in [0.5, 0.6) is 0 Å². The molecule has 1 aromatic carbocycles. The lowest BCUT2D eigenvalue weighted by Gasteiger charge is -2.13. The fraction of sp³-hybridized carbons (Fsp3) is 0.357. The molecule has 0 heterocycles. The van der Waals surface area contributed by atoms with Gasteiger partial charge >= 0.3 is 5.97 Å². The van der Waals surface area contributed by atoms with Gasteiger partial charge in [0.25, 0.3) is 0 Å². The third kappa shape index (κ3) is 5.48. The van der Waals surface area contributed by atoms with Crippen LogP contribution in [0.3, 0.4) is 0 Å². The summed E-state index contributed by atoms with van der Waals surface area (Å²) >= 11 is 0. The van der Waals surface area contributed by atoms with Crippen molar-refractivity contribution in [3.8, 4) is 6.07 Å². The van der Waals surface area contributed by atoms with Crippen molar-refractivity contribution in [1.29, 1.82) is 5.26 Å². The lowest BCUT2D eigenvalue weighted by atomic mass is 10.1. The van der Waals surface area contributed by atoms with Gasteiger partial charge in [-0.15, -0.1) is 0 Å². The summed E-state index contributed by atoms with van der Waals surface area (Å²) in [6.07, 6.45) is 0.745. The molecule has 0 saturated heterocycles. The Labute approximate surface area is 116 Å². The number of nitrogens with one attached hydrogen (secondary N) is 1. The maximum Gasteiger partial charge on any atom is 0.326 e. The Morgan fingerprint density at radius 1 is 1.45 bits per heavy atom. The number of nitriles is 1. The lowest BCUT2D eigenvalue weighted by molar-refractivity contribution is -0.141. The first-order chi connectivity index (χ1) is 9.52. The van der Waals surface area contributed by atoms with Gasteiger partial charge in [-0.2, -0.15) is 5.26 Å². The van der Waals surface area contributed by atoms with Crippen LogP contribution in [0, 0.1) is 17.1 Å². The van der Waals surface area contributed by atoms with E-state index in [1.165, 1.54) is 18.2 Å². The van der Waals surface area contributed by atoms with E-state index >= 15 is 0 Å². The summed E-state index contributed by atoms with van der Waals surface area (Å²) in [6.45, 7) is 0. The van der Waals surface area contributed by atoms with E-state index in [1.54, 1.807) is 6.07 Å². The fourth-order valence-corrected chi connectivity index (χ4v) is 1.72. The Morgan fingerprint density at radius 3 is 2.80 bits per heavy atom. The zero-order valence-corrected chi connectivity index (χ0v) is 10.8. The molecule has 0 aliphatic rings. The van der Waals surface area contributed by atoms with Crippen LogP contribution in [0.15, 0.2) is 24.3 Å². The van der Waals surface area contributed by atoms with Gasteiger partial charge in [0.1, 0.15) is 11.9 Å². The summed E-state index contributed by atoms with van der Waals surface area (Å²) in [6, 6.07) is 6.46. The number of carbonyl (C=O) groups excluding carboxylic acids is 1. The van der Waals surface area contributed by atoms with E-state index in [9.17, 15) is 14.0 Å². The molecule has 0 bridgehead atoms. The summed E-state index contributed by atoms with van der Waals surface area (Å²) in [4.78, 5) is 22.7. The average molecular weight is 278 g/mol. The highest BCUT2D eigenvalue weighted by Crippen LogP contribution is 2.06. The van der Waals surface area contributed by atoms with Crippen LogP contribution in [0.1, 0.15) is 24.8 Å². The molecular formula is C14H15FN2O3. The molecule has 0 spiro atoms. The first-order valence-corrected chi connectivity index (χ1v) is 6.16. The molecule has 0 unspecified atom stereocenters. The average Bonchev–Trinajstić information content (AvgIpc) is 2.37. The normalized spacial score (nSPS) is 11.4. The summed E-state index contributed by atoms with van der Waals surface area (Å²) in [5.41, 5.74) is 0.476. The number of carboxylic acid groups (broad SMARTS) is 1. The van der Waals surface area contributed by atoms with Crippen molar-refractivity contribution in [1.82, 2.24) is 5.32 Å². The molecule has 0 aliphatic heterocycles. The number of aliphatic carboxylic acids is 1. The van der Waals surface area contributed by atoms with Crippen LogP contribution in [0.25, 0.3) is 0 Å². The first kappa shape index (κ1) is 15.6. The van der Waals surface area contributed by atoms with Crippen LogP contribution in [0.4, 0.5) is 4.39 Å². The molecule has 1 aromatic rings. The maximum atomic E-state index is 13.0. The van der Waals surface area contributed by atoms with Crippen molar-refractivity contribution >= 4 is 11.9 Å². The van der Waals surface area contributed by atoms with Gasteiger partial charge in [-0.05, 0) is 30.5 Å². The zero-order valence-electron chi connectivity index (χ0n) is 10.8. The quantitative estimate of drug-likeness (QED) is 0.742. The number of halogens is 1. The van der Waals surface area contributed by atoms with Gasteiger partial charge in [-0.1, -0.05) is 12.1 Å². The number of hydrogen-bond donors (Lipinski definition) is 2. The summed E-state index contributed by atoms with van der Waals surface area (Å²) in [7, 11) is 0. The Bertz CT molecular complexity index is 525. The third-order valence-electron chi connectivity index (χ3n) is 2.67. The number of unbranched alkanes of at least 4 members (excludes halogenated alkanes) is 1. The van der Waals surface area contributed by atoms with Crippen molar-refractivity contribution in [2.24, 2.45) is 0 Å². The van der Waals surface area contributed by atoms with Gasteiger partial charge < -0.3 is 10.4 Å². The molecule has 0 fully saturated rings. The van der Waals surface area contributed by atoms with E-state index in [-0.39, 0.29) is 19.3 Å². The smallest absolute Gasteiger partial charge is 0.326 e. The van der Waals surface area contributed by atoms with Gasteiger partial charge in [0.15, 0.2) is 0 Å². The van der Waals surface area contributed by atoms with Gasteiger partial charge in [-0.3, -0.25) is 4.79 Å². The molecule has 106 valence electrons. The number of carbonyl (C=O) groups is 2. The predicted octanol–water partition coefficient (Wildman–Crippen LogP) is 1.63. The topological polar surface area (TPSA) is 90.2 Å². The van der Waals surface area contributed by atoms with Crippen LogP contribution in [0.2, 0.25) is 0 Å². The molecule has 1 rings (SSSR count). The number of nitrogens with zero attached hydrogens (tertiary/aromatic N) is 1. The SMILES string of the molecule is N#CCCC[C@@H](NC(=O)Cc1cccc(F)c1)C(=O)O. The Kier molecular flexibility index (Phi) is 6.17. The molecule has 0 aliphatic carbocycles. The zero-order chi connectivity index (χ0) is 15.0. The standard InChI is InChI=1S/C14H15FN2O3/c15-11-5-3-4-10(8-11)9-13(18)17-12(14(19)20)6-1-2-7-16/h3-5,8,12H,1-2,6,9H2,(H,17,18)(H,19,20)/t12-/m1/s1. The van der Waals surface area contributed by atoms with E-state index in [0.29, 0.717) is 12.0 Å². The summed E-state index contributed by atoms with van der Waals surface area (Å²) in [5.74, 6) is -2.07. The van der Waals surface area contributed by atoms with Crippen molar-refractivity contribution < 1.29 is 19.1 Å². The Balaban J connectivity index is 2.53. The van der Waals surface area contributed by atoms with Gasteiger partial charge in [0.05, 0.1) is 12.5 Å². The van der Waals surface area contributed by atoms with Crippen LogP contribution in [-0.2, 0) is 16.0 Å². The van der Waals surface area contributed by atoms with E-state index in [4.69, 9.17) is 10.4 Å². The predicted molar refractivity (Wildman–Crippen MR) is 69.1 cm³/mol. The van der Waals surface area contributed by atoms with Gasteiger partial charge in [0, 0.05) is 6.42 Å². The highest BCUT2D eigenvalue weighted by molar-refractivity contribution is 5.84. The highest BCUT2D eigenvalue weighted by atomic mass is 19.1. The minimum Gasteiger partial charge on any atom is -0.480 e. The number of carboxylic acids is 1. The summed E-state index contributed by atoms with van der Waals surface area (Å²) in [5, 5.41) is 19.7. The molecule has 0 radical (unpaired) electrons. The largest absolute Gasteiger partial charge is 0.480 e. The van der Waals surface area contributed by atoms with Crippen LogP contribution < -0.4 is 5.32 Å². The highest BCUT2D eigenvalue weighted by Gasteiger charge is 2.19. The maximum absolute atomic E-state index is 13.0. The second kappa shape index (κ2) is 7.89. The van der Waals surface area contributed by atoms with Crippen molar-refractivity contribution in [2.75, 3.05) is 0 Å². The minimum atomic E-state index is -1.14. The van der Waals surface area contributed by atoms with E-state index in [0.717, 1.165) is 0 Å². The Hall–Kier alpha value is -2.42. The molecule has 6 heteroatoms. The molecule has 20 heavy (non-hydrogen) atoms. The van der Waals surface area contributed by atoms with Gasteiger partial charge in [0.2, 0.25) is 5.91 Å². The fourth-order valence-electron chi connectivity index (χ4n) is 1.72. The van der Waals surface area contributed by atoms with Crippen molar-refractivity contribution in [2.45, 2.75) is 31.7 Å². The molecule has 1 amide bonds. The number of benzene rings is 1. The molecular weight excluding hydrogens is 263 g/mol. The first-order valence-electron chi connectivity index (χ1n) is 6.16. The number of amides is 1. The molecule has 5 nitrogen and oxygen atoms in total. The number of hydrogen-bond acceptors (Lipinski definition) is 3. The lowest BCUT2D eigenvalue weighted by Crippen LogP contribution is -2.41. The number of rotatable bonds is 7.